The summed E-state index contributed by atoms with van der Waals surface area (Å²) in [5, 5.41) is 16.0. The average Bonchev–Trinajstić information content (AvgIpc) is 2.75. The van der Waals surface area contributed by atoms with Crippen molar-refractivity contribution in [1.82, 2.24) is 10.6 Å². The van der Waals surface area contributed by atoms with E-state index in [1.165, 1.54) is 18.2 Å². The third-order valence-corrected chi connectivity index (χ3v) is 5.52. The zero-order valence-corrected chi connectivity index (χ0v) is 18.5. The van der Waals surface area contributed by atoms with Crippen molar-refractivity contribution in [2.75, 3.05) is 12.0 Å². The van der Waals surface area contributed by atoms with Crippen molar-refractivity contribution in [2.24, 2.45) is 0 Å². The minimum atomic E-state index is -3.39. The maximum Gasteiger partial charge on any atom is 0.408 e. The number of alkyl carbamates (subject to hydrolysis) is 1. The second-order valence-electron chi connectivity index (χ2n) is 7.26. The van der Waals surface area contributed by atoms with Crippen molar-refractivity contribution in [3.63, 3.8) is 0 Å². The van der Waals surface area contributed by atoms with Crippen LogP contribution in [0, 0.1) is 10.1 Å². The molecule has 0 aromatic heterocycles. The number of carbonyl (C=O) groups excluding carboxylic acids is 2. The van der Waals surface area contributed by atoms with E-state index < -0.39 is 38.8 Å². The Morgan fingerprint density at radius 2 is 1.78 bits per heavy atom. The first kappa shape index (κ1) is 24.8. The number of benzene rings is 2. The molecule has 0 aliphatic heterocycles. The van der Waals surface area contributed by atoms with Crippen LogP contribution in [0.2, 0.25) is 0 Å². The van der Waals surface area contributed by atoms with Crippen molar-refractivity contribution < 1.29 is 27.7 Å². The first-order valence-electron chi connectivity index (χ1n) is 9.75. The molecule has 0 aliphatic carbocycles. The van der Waals surface area contributed by atoms with Crippen LogP contribution >= 0.6 is 0 Å². The molecule has 0 saturated heterocycles. The molecule has 32 heavy (non-hydrogen) atoms. The molecule has 10 nitrogen and oxygen atoms in total. The number of sulfone groups is 1. The number of nitrogens with one attached hydrogen (secondary N) is 2. The van der Waals surface area contributed by atoms with Gasteiger partial charge in [0.2, 0.25) is 5.91 Å². The standard InChI is InChI=1S/C21H25N3O7S/c1-15(17-9-6-10-18(13-17)24(27)28)22-20(25)19(11-12-32(2,29)30)23-21(26)31-14-16-7-4-3-5-8-16/h3-10,13,15,19H,11-12,14H2,1-2H3,(H,22,25)(H,23,26). The fraction of sp³-hybridized carbons (Fsp3) is 0.333. The fourth-order valence-corrected chi connectivity index (χ4v) is 3.48. The summed E-state index contributed by atoms with van der Waals surface area (Å²) in [5.41, 5.74) is 1.11. The van der Waals surface area contributed by atoms with Gasteiger partial charge in [0.1, 0.15) is 22.5 Å². The summed E-state index contributed by atoms with van der Waals surface area (Å²) in [6, 6.07) is 12.9. The van der Waals surface area contributed by atoms with E-state index in [4.69, 9.17) is 4.74 Å². The van der Waals surface area contributed by atoms with Gasteiger partial charge < -0.3 is 15.4 Å². The number of ether oxygens (including phenoxy) is 1. The summed E-state index contributed by atoms with van der Waals surface area (Å²) in [4.78, 5) is 35.4. The van der Waals surface area contributed by atoms with Crippen molar-refractivity contribution >= 4 is 27.5 Å². The molecule has 0 bridgehead atoms. The maximum atomic E-state index is 12.8. The topological polar surface area (TPSA) is 145 Å². The lowest BCUT2D eigenvalue weighted by Crippen LogP contribution is -2.48. The van der Waals surface area contributed by atoms with Crippen LogP contribution in [-0.4, -0.2) is 43.4 Å². The van der Waals surface area contributed by atoms with Crippen LogP contribution in [0.25, 0.3) is 0 Å². The van der Waals surface area contributed by atoms with Gasteiger partial charge in [-0.1, -0.05) is 42.5 Å². The summed E-state index contributed by atoms with van der Waals surface area (Å²) in [6.45, 7) is 1.61. The molecule has 0 fully saturated rings. The van der Waals surface area contributed by atoms with Crippen LogP contribution in [0.4, 0.5) is 10.5 Å². The molecule has 2 aromatic carbocycles. The molecule has 11 heteroatoms. The fourth-order valence-electron chi connectivity index (χ4n) is 2.81. The zero-order valence-electron chi connectivity index (χ0n) is 17.7. The molecule has 0 spiro atoms. The Hall–Kier alpha value is -3.47. The number of hydrogen-bond donors (Lipinski definition) is 2. The quantitative estimate of drug-likeness (QED) is 0.407. The maximum absolute atomic E-state index is 12.8. The van der Waals surface area contributed by atoms with E-state index in [0.717, 1.165) is 11.8 Å². The molecular weight excluding hydrogens is 438 g/mol. The number of nitro groups is 1. The number of non-ortho nitro benzene ring substituents is 1. The lowest BCUT2D eigenvalue weighted by molar-refractivity contribution is -0.384. The zero-order chi connectivity index (χ0) is 23.7. The Morgan fingerprint density at radius 1 is 1.09 bits per heavy atom. The Kier molecular flexibility index (Phi) is 8.71. The van der Waals surface area contributed by atoms with Crippen LogP contribution in [0.3, 0.4) is 0 Å². The Bertz CT molecular complexity index is 1060. The molecule has 172 valence electrons. The van der Waals surface area contributed by atoms with Gasteiger partial charge in [-0.3, -0.25) is 14.9 Å². The Balaban J connectivity index is 2.05. The summed E-state index contributed by atoms with van der Waals surface area (Å²) in [6.07, 6.45) is -0.000680. The second kappa shape index (κ2) is 11.2. The molecule has 2 N–H and O–H groups in total. The van der Waals surface area contributed by atoms with Gasteiger partial charge in [0, 0.05) is 18.4 Å². The highest BCUT2D eigenvalue weighted by atomic mass is 32.2. The van der Waals surface area contributed by atoms with Crippen molar-refractivity contribution in [3.05, 3.63) is 75.8 Å². The van der Waals surface area contributed by atoms with E-state index in [-0.39, 0.29) is 24.5 Å². The largest absolute Gasteiger partial charge is 0.445 e. The van der Waals surface area contributed by atoms with Crippen LogP contribution in [0.15, 0.2) is 54.6 Å². The smallest absolute Gasteiger partial charge is 0.408 e. The first-order valence-corrected chi connectivity index (χ1v) is 11.8. The number of nitrogens with zero attached hydrogens (tertiary/aromatic N) is 1. The Labute approximate surface area is 186 Å². The van der Waals surface area contributed by atoms with E-state index in [1.807, 2.05) is 6.07 Å². The molecule has 0 aliphatic rings. The molecular formula is C21H25N3O7S. The third-order valence-electron chi connectivity index (χ3n) is 4.54. The molecule has 0 heterocycles. The normalized spacial score (nSPS) is 12.9. The van der Waals surface area contributed by atoms with Crippen molar-refractivity contribution in [3.8, 4) is 0 Å². The summed E-state index contributed by atoms with van der Waals surface area (Å²) in [5.74, 6) is -0.959. The Morgan fingerprint density at radius 3 is 2.41 bits per heavy atom. The number of carbonyl (C=O) groups is 2. The molecule has 0 radical (unpaired) electrons. The lowest BCUT2D eigenvalue weighted by Gasteiger charge is -2.21. The molecule has 2 atom stereocenters. The predicted molar refractivity (Wildman–Crippen MR) is 118 cm³/mol. The average molecular weight is 464 g/mol. The minimum absolute atomic E-state index is 0.0167. The van der Waals surface area contributed by atoms with E-state index >= 15 is 0 Å². The van der Waals surface area contributed by atoms with Gasteiger partial charge in [-0.15, -0.1) is 0 Å². The molecule has 2 amide bonds. The van der Waals surface area contributed by atoms with Crippen LogP contribution in [-0.2, 0) is 26.0 Å². The van der Waals surface area contributed by atoms with Crippen LogP contribution < -0.4 is 10.6 Å². The van der Waals surface area contributed by atoms with E-state index in [2.05, 4.69) is 10.6 Å². The van der Waals surface area contributed by atoms with Gasteiger partial charge in [-0.05, 0) is 24.5 Å². The minimum Gasteiger partial charge on any atom is -0.445 e. The summed E-state index contributed by atoms with van der Waals surface area (Å²) in [7, 11) is -3.39. The summed E-state index contributed by atoms with van der Waals surface area (Å²) < 4.78 is 28.2. The van der Waals surface area contributed by atoms with Gasteiger partial charge in [0.25, 0.3) is 5.69 Å². The third kappa shape index (κ3) is 8.34. The summed E-state index contributed by atoms with van der Waals surface area (Å²) >= 11 is 0. The molecule has 2 aromatic rings. The first-order chi connectivity index (χ1) is 15.0. The van der Waals surface area contributed by atoms with Gasteiger partial charge >= 0.3 is 6.09 Å². The van der Waals surface area contributed by atoms with Crippen LogP contribution in [0.5, 0.6) is 0 Å². The van der Waals surface area contributed by atoms with Crippen molar-refractivity contribution in [1.29, 1.82) is 0 Å². The molecule has 2 unspecified atom stereocenters. The van der Waals surface area contributed by atoms with Crippen molar-refractivity contribution in [2.45, 2.75) is 32.0 Å². The highest BCUT2D eigenvalue weighted by molar-refractivity contribution is 7.90. The van der Waals surface area contributed by atoms with Gasteiger partial charge in [0.05, 0.1) is 16.7 Å². The number of hydrogen-bond acceptors (Lipinski definition) is 7. The molecule has 2 rings (SSSR count). The van der Waals surface area contributed by atoms with Crippen LogP contribution in [0.1, 0.15) is 30.5 Å². The highest BCUT2D eigenvalue weighted by Crippen LogP contribution is 2.19. The molecule has 0 saturated carbocycles. The van der Waals surface area contributed by atoms with E-state index in [9.17, 15) is 28.1 Å². The van der Waals surface area contributed by atoms with Gasteiger partial charge in [-0.2, -0.15) is 0 Å². The monoisotopic (exact) mass is 463 g/mol. The number of rotatable bonds is 10. The van der Waals surface area contributed by atoms with Gasteiger partial charge in [-0.25, -0.2) is 13.2 Å². The SMILES string of the molecule is CC(NC(=O)C(CCS(C)(=O)=O)NC(=O)OCc1ccccc1)c1cccc([N+](=O)[O-])c1. The number of nitro benzene ring substituents is 1. The van der Waals surface area contributed by atoms with E-state index in [0.29, 0.717) is 5.56 Å². The number of amides is 2. The lowest BCUT2D eigenvalue weighted by atomic mass is 10.1. The highest BCUT2D eigenvalue weighted by Gasteiger charge is 2.25. The predicted octanol–water partition coefficient (Wildman–Crippen LogP) is 2.50. The van der Waals surface area contributed by atoms with Gasteiger partial charge in [0.15, 0.2) is 0 Å². The second-order valence-corrected chi connectivity index (χ2v) is 9.52. The van der Waals surface area contributed by atoms with E-state index in [1.54, 1.807) is 37.3 Å².